The first kappa shape index (κ1) is 28.7. The molecule has 0 aliphatic carbocycles. The van der Waals surface area contributed by atoms with Crippen LogP contribution in [0.4, 0.5) is 8.78 Å². The van der Waals surface area contributed by atoms with Gasteiger partial charge in [-0.15, -0.1) is 11.3 Å². The van der Waals surface area contributed by atoms with Gasteiger partial charge in [-0.25, -0.2) is 13.8 Å². The lowest BCUT2D eigenvalue weighted by Gasteiger charge is -2.33. The van der Waals surface area contributed by atoms with Crippen LogP contribution in [0.25, 0.3) is 54.9 Å². The number of ether oxygens (including phenoxy) is 1. The number of aliphatic hydroxyl groups excluding tert-OH is 1. The third-order valence-electron chi connectivity index (χ3n) is 7.93. The number of aromatic nitrogens is 6. The summed E-state index contributed by atoms with van der Waals surface area (Å²) in [6.07, 6.45) is 4.83. The van der Waals surface area contributed by atoms with Gasteiger partial charge in [0, 0.05) is 53.1 Å². The lowest BCUT2D eigenvalue weighted by atomic mass is 9.96. The van der Waals surface area contributed by atoms with Crippen molar-refractivity contribution < 1.29 is 23.4 Å². The molecule has 6 aromatic rings. The van der Waals surface area contributed by atoms with Crippen molar-refractivity contribution in [3.63, 3.8) is 0 Å². The van der Waals surface area contributed by atoms with Gasteiger partial charge in [0.05, 0.1) is 42.3 Å². The fourth-order valence-electron chi connectivity index (χ4n) is 5.91. The predicted octanol–water partition coefficient (Wildman–Crippen LogP) is 5.51. The van der Waals surface area contributed by atoms with Crippen molar-refractivity contribution in [2.45, 2.75) is 19.5 Å². The van der Waals surface area contributed by atoms with Crippen molar-refractivity contribution in [2.75, 3.05) is 19.8 Å². The lowest BCUT2D eigenvalue weighted by Crippen LogP contribution is -2.40. The zero-order valence-corrected chi connectivity index (χ0v) is 25.2. The van der Waals surface area contributed by atoms with Crippen LogP contribution in [-0.4, -0.2) is 65.2 Å². The number of benzene rings is 1. The Balaban J connectivity index is 1.52. The van der Waals surface area contributed by atoms with Crippen LogP contribution in [0.5, 0.6) is 5.75 Å². The number of aliphatic hydroxyl groups is 1. The number of thiophene rings is 1. The highest BCUT2D eigenvalue weighted by Crippen LogP contribution is 2.47. The Hall–Kier alpha value is -5.01. The molecule has 7 rings (SSSR count). The number of amides is 1. The standard InChI is InChI=1S/C32H27F2N7O3S/c1-4-27(43)40-6-7-41-25(17(40)2)14-23(38-41)31-29(28-21(34)12-19(33)13-26(28)44-9-8-42)32-20(5-10-45-32)30(36-31)18-11-22-24(35-15-18)16-39(3)37-22/h4-5,10-17,42H,1,6-9H2,2-3H3. The topological polar surface area (TPSA) is 111 Å². The summed E-state index contributed by atoms with van der Waals surface area (Å²) in [6.45, 7) is 5.92. The summed E-state index contributed by atoms with van der Waals surface area (Å²) >= 11 is 1.38. The average Bonchev–Trinajstić information content (AvgIpc) is 3.77. The first-order valence-electron chi connectivity index (χ1n) is 14.2. The largest absolute Gasteiger partial charge is 0.490 e. The van der Waals surface area contributed by atoms with Crippen molar-refractivity contribution in [1.82, 2.24) is 34.4 Å². The van der Waals surface area contributed by atoms with Crippen molar-refractivity contribution in [3.8, 4) is 39.5 Å². The fraction of sp³-hybridized carbons (Fsp3) is 0.219. The van der Waals surface area contributed by atoms with Crippen molar-refractivity contribution >= 4 is 38.4 Å². The molecule has 45 heavy (non-hydrogen) atoms. The highest BCUT2D eigenvalue weighted by molar-refractivity contribution is 7.18. The number of hydrogen-bond acceptors (Lipinski definition) is 8. The Labute approximate surface area is 259 Å². The molecule has 6 heterocycles. The molecule has 1 aromatic carbocycles. The van der Waals surface area contributed by atoms with Gasteiger partial charge in [-0.2, -0.15) is 10.2 Å². The summed E-state index contributed by atoms with van der Waals surface area (Å²) in [6, 6.07) is 7.24. The Kier molecular flexibility index (Phi) is 7.13. The van der Waals surface area contributed by atoms with E-state index < -0.39 is 11.6 Å². The molecule has 0 bridgehead atoms. The number of halogens is 2. The molecule has 1 amide bonds. The van der Waals surface area contributed by atoms with Crippen LogP contribution in [0.15, 0.2) is 60.8 Å². The van der Waals surface area contributed by atoms with Gasteiger partial charge < -0.3 is 14.7 Å². The predicted molar refractivity (Wildman–Crippen MR) is 167 cm³/mol. The van der Waals surface area contributed by atoms with Crippen LogP contribution in [-0.2, 0) is 18.4 Å². The summed E-state index contributed by atoms with van der Waals surface area (Å²) in [5.41, 5.74) is 4.66. The van der Waals surface area contributed by atoms with Gasteiger partial charge in [0.25, 0.3) is 0 Å². The van der Waals surface area contributed by atoms with Crippen LogP contribution < -0.4 is 4.74 Å². The number of carbonyl (C=O) groups excluding carboxylic acids is 1. The Morgan fingerprint density at radius 1 is 1.16 bits per heavy atom. The van der Waals surface area contributed by atoms with Gasteiger partial charge in [0.15, 0.2) is 0 Å². The maximum absolute atomic E-state index is 15.9. The number of carbonyl (C=O) groups is 1. The molecule has 0 spiro atoms. The highest BCUT2D eigenvalue weighted by Gasteiger charge is 2.31. The third-order valence-corrected chi connectivity index (χ3v) is 8.86. The molecule has 10 nitrogen and oxygen atoms in total. The maximum atomic E-state index is 15.9. The number of pyridine rings is 2. The number of hydrogen-bond donors (Lipinski definition) is 1. The molecule has 13 heteroatoms. The highest BCUT2D eigenvalue weighted by atomic mass is 32.1. The van der Waals surface area contributed by atoms with Gasteiger partial charge in [-0.3, -0.25) is 19.1 Å². The zero-order chi connectivity index (χ0) is 31.4. The summed E-state index contributed by atoms with van der Waals surface area (Å²) in [5.74, 6) is -1.91. The Morgan fingerprint density at radius 3 is 2.80 bits per heavy atom. The minimum Gasteiger partial charge on any atom is -0.490 e. The summed E-state index contributed by atoms with van der Waals surface area (Å²) in [7, 11) is 1.82. The zero-order valence-electron chi connectivity index (χ0n) is 24.4. The fourth-order valence-corrected chi connectivity index (χ4v) is 6.86. The lowest BCUT2D eigenvalue weighted by molar-refractivity contribution is -0.129. The van der Waals surface area contributed by atoms with Crippen LogP contribution in [0, 0.1) is 11.6 Å². The molecule has 228 valence electrons. The van der Waals surface area contributed by atoms with E-state index >= 15 is 4.39 Å². The normalized spacial score (nSPS) is 14.7. The van der Waals surface area contributed by atoms with Crippen molar-refractivity contribution in [2.24, 2.45) is 7.05 Å². The molecular formula is C32H27F2N7O3S. The van der Waals surface area contributed by atoms with Crippen LogP contribution >= 0.6 is 11.3 Å². The number of rotatable bonds is 7. The summed E-state index contributed by atoms with van der Waals surface area (Å²) in [4.78, 5) is 24.0. The summed E-state index contributed by atoms with van der Waals surface area (Å²) in [5, 5.41) is 21.4. The Morgan fingerprint density at radius 2 is 2.00 bits per heavy atom. The van der Waals surface area contributed by atoms with Gasteiger partial charge in [0.2, 0.25) is 5.91 Å². The first-order valence-corrected chi connectivity index (χ1v) is 15.1. The molecule has 1 N–H and O–H groups in total. The number of aryl methyl sites for hydroxylation is 1. The van der Waals surface area contributed by atoms with E-state index in [4.69, 9.17) is 14.8 Å². The molecule has 0 saturated carbocycles. The second-order valence-electron chi connectivity index (χ2n) is 10.7. The molecule has 1 unspecified atom stereocenters. The maximum Gasteiger partial charge on any atom is 0.246 e. The van der Waals surface area contributed by atoms with E-state index in [9.17, 15) is 14.3 Å². The molecule has 1 aliphatic heterocycles. The second-order valence-corrected chi connectivity index (χ2v) is 11.6. The molecule has 0 radical (unpaired) electrons. The molecular weight excluding hydrogens is 600 g/mol. The van der Waals surface area contributed by atoms with Gasteiger partial charge in [0.1, 0.15) is 46.4 Å². The van der Waals surface area contributed by atoms with Crippen LogP contribution in [0.2, 0.25) is 0 Å². The van der Waals surface area contributed by atoms with E-state index in [1.54, 1.807) is 15.8 Å². The van der Waals surface area contributed by atoms with E-state index in [1.807, 2.05) is 48.4 Å². The SMILES string of the molecule is C=CC(=O)N1CCn2nc(-c3nc(-c4cnc5cn(C)nc5c4)c4ccsc4c3-c3c(F)cc(F)cc3OCCO)cc2C1C. The summed E-state index contributed by atoms with van der Waals surface area (Å²) < 4.78 is 40.3. The van der Waals surface area contributed by atoms with E-state index in [0.29, 0.717) is 51.5 Å². The molecule has 0 fully saturated rings. The van der Waals surface area contributed by atoms with Gasteiger partial charge >= 0.3 is 0 Å². The number of fused-ring (bicyclic) bond motifs is 3. The van der Waals surface area contributed by atoms with Crippen LogP contribution in [0.3, 0.4) is 0 Å². The Bertz CT molecular complexity index is 2140. The van der Waals surface area contributed by atoms with Gasteiger partial charge in [-0.1, -0.05) is 6.58 Å². The average molecular weight is 628 g/mol. The number of nitrogens with zero attached hydrogens (tertiary/aromatic N) is 7. The van der Waals surface area contributed by atoms with E-state index in [1.165, 1.54) is 17.4 Å². The minimum atomic E-state index is -0.842. The smallest absolute Gasteiger partial charge is 0.246 e. The minimum absolute atomic E-state index is 0.00661. The van der Waals surface area contributed by atoms with Gasteiger partial charge in [-0.05, 0) is 36.6 Å². The molecule has 5 aromatic heterocycles. The molecule has 0 saturated heterocycles. The molecule has 1 atom stereocenters. The quantitative estimate of drug-likeness (QED) is 0.232. The first-order chi connectivity index (χ1) is 21.8. The molecule has 1 aliphatic rings. The van der Waals surface area contributed by atoms with Crippen molar-refractivity contribution in [3.05, 3.63) is 78.1 Å². The van der Waals surface area contributed by atoms with Crippen LogP contribution in [0.1, 0.15) is 18.7 Å². The van der Waals surface area contributed by atoms with E-state index in [2.05, 4.69) is 16.7 Å². The third kappa shape index (κ3) is 4.84. The van der Waals surface area contributed by atoms with E-state index in [0.717, 1.165) is 28.7 Å². The van der Waals surface area contributed by atoms with E-state index in [-0.39, 0.29) is 36.5 Å². The van der Waals surface area contributed by atoms with Crippen molar-refractivity contribution in [1.29, 1.82) is 0 Å². The monoisotopic (exact) mass is 627 g/mol. The second kappa shape index (κ2) is 11.2.